The lowest BCUT2D eigenvalue weighted by atomic mass is 10.2. The summed E-state index contributed by atoms with van der Waals surface area (Å²) in [6.45, 7) is 7.09. The molecule has 0 heterocycles. The van der Waals surface area contributed by atoms with Gasteiger partial charge in [0, 0.05) is 19.3 Å². The van der Waals surface area contributed by atoms with Crippen LogP contribution in [-0.4, -0.2) is 19.6 Å². The van der Waals surface area contributed by atoms with E-state index < -0.39 is 0 Å². The zero-order chi connectivity index (χ0) is 12.1. The van der Waals surface area contributed by atoms with Gasteiger partial charge in [0.25, 0.3) is 0 Å². The lowest BCUT2D eigenvalue weighted by molar-refractivity contribution is 0.664. The standard InChI is InChI=1S/C13H21N3/c1-10(2)9-15-13(14)16(4)12-7-5-11(3)6-8-12/h5-8,10H,9H2,1-4H3,(H2,14,15). The fraction of sp³-hybridized carbons (Fsp3) is 0.462. The summed E-state index contributed by atoms with van der Waals surface area (Å²) in [6.07, 6.45) is 0. The highest BCUT2D eigenvalue weighted by Crippen LogP contribution is 2.12. The second-order valence-electron chi connectivity index (χ2n) is 4.49. The van der Waals surface area contributed by atoms with Crippen LogP contribution in [0.25, 0.3) is 0 Å². The van der Waals surface area contributed by atoms with E-state index in [1.165, 1.54) is 5.56 Å². The smallest absolute Gasteiger partial charge is 0.195 e. The maximum absolute atomic E-state index is 5.91. The van der Waals surface area contributed by atoms with Crippen LogP contribution in [0, 0.1) is 12.8 Å². The zero-order valence-corrected chi connectivity index (χ0v) is 10.6. The van der Waals surface area contributed by atoms with E-state index in [0.717, 1.165) is 12.2 Å². The minimum atomic E-state index is 0.532. The van der Waals surface area contributed by atoms with Crippen LogP contribution in [0.1, 0.15) is 19.4 Å². The van der Waals surface area contributed by atoms with Gasteiger partial charge < -0.3 is 10.6 Å². The third-order valence-corrected chi connectivity index (χ3v) is 2.38. The van der Waals surface area contributed by atoms with Gasteiger partial charge >= 0.3 is 0 Å². The maximum Gasteiger partial charge on any atom is 0.195 e. The van der Waals surface area contributed by atoms with Gasteiger partial charge in [-0.3, -0.25) is 4.99 Å². The molecule has 0 spiro atoms. The number of guanidine groups is 1. The van der Waals surface area contributed by atoms with Crippen molar-refractivity contribution in [2.75, 3.05) is 18.5 Å². The number of aliphatic imine (C=N–C) groups is 1. The van der Waals surface area contributed by atoms with Crippen LogP contribution in [0.3, 0.4) is 0 Å². The van der Waals surface area contributed by atoms with Crippen molar-refractivity contribution < 1.29 is 0 Å². The SMILES string of the molecule is Cc1ccc(N(C)C(N)=NCC(C)C)cc1. The van der Waals surface area contributed by atoms with Crippen LogP contribution in [-0.2, 0) is 0 Å². The highest BCUT2D eigenvalue weighted by Gasteiger charge is 2.04. The van der Waals surface area contributed by atoms with Gasteiger partial charge in [-0.05, 0) is 25.0 Å². The summed E-state index contributed by atoms with van der Waals surface area (Å²) in [5.41, 5.74) is 8.22. The first kappa shape index (κ1) is 12.6. The Bertz CT molecular complexity index is 352. The maximum atomic E-state index is 5.91. The minimum absolute atomic E-state index is 0.532. The van der Waals surface area contributed by atoms with E-state index in [2.05, 4.69) is 37.9 Å². The van der Waals surface area contributed by atoms with E-state index in [1.54, 1.807) is 0 Å². The summed E-state index contributed by atoms with van der Waals surface area (Å²) in [5.74, 6) is 1.10. The number of aryl methyl sites for hydroxylation is 1. The van der Waals surface area contributed by atoms with E-state index in [4.69, 9.17) is 5.73 Å². The average molecular weight is 219 g/mol. The van der Waals surface area contributed by atoms with Gasteiger partial charge in [0.1, 0.15) is 0 Å². The number of anilines is 1. The molecule has 1 aromatic rings. The largest absolute Gasteiger partial charge is 0.370 e. The van der Waals surface area contributed by atoms with Crippen molar-refractivity contribution >= 4 is 11.6 Å². The van der Waals surface area contributed by atoms with Crippen LogP contribution in [0.15, 0.2) is 29.3 Å². The number of benzene rings is 1. The first-order valence-electron chi connectivity index (χ1n) is 5.61. The van der Waals surface area contributed by atoms with Crippen molar-refractivity contribution in [2.24, 2.45) is 16.6 Å². The molecule has 2 N–H and O–H groups in total. The van der Waals surface area contributed by atoms with Crippen molar-refractivity contribution in [2.45, 2.75) is 20.8 Å². The summed E-state index contributed by atoms with van der Waals surface area (Å²) >= 11 is 0. The van der Waals surface area contributed by atoms with E-state index in [9.17, 15) is 0 Å². The molecule has 16 heavy (non-hydrogen) atoms. The topological polar surface area (TPSA) is 41.6 Å². The number of nitrogens with two attached hydrogens (primary N) is 1. The molecule has 0 saturated heterocycles. The van der Waals surface area contributed by atoms with Gasteiger partial charge in [0.2, 0.25) is 0 Å². The van der Waals surface area contributed by atoms with Crippen LogP contribution in [0.4, 0.5) is 5.69 Å². The molecule has 1 rings (SSSR count). The summed E-state index contributed by atoms with van der Waals surface area (Å²) in [7, 11) is 1.93. The van der Waals surface area contributed by atoms with Gasteiger partial charge in [0.15, 0.2) is 5.96 Å². The van der Waals surface area contributed by atoms with Gasteiger partial charge in [-0.15, -0.1) is 0 Å². The molecule has 0 radical (unpaired) electrons. The monoisotopic (exact) mass is 219 g/mol. The summed E-state index contributed by atoms with van der Waals surface area (Å²) in [5, 5.41) is 0. The highest BCUT2D eigenvalue weighted by atomic mass is 15.2. The predicted molar refractivity (Wildman–Crippen MR) is 70.9 cm³/mol. The molecule has 0 atom stereocenters. The lowest BCUT2D eigenvalue weighted by Crippen LogP contribution is -2.34. The average Bonchev–Trinajstić information content (AvgIpc) is 2.26. The molecule has 1 aromatic carbocycles. The number of nitrogens with zero attached hydrogens (tertiary/aromatic N) is 2. The van der Waals surface area contributed by atoms with Gasteiger partial charge in [0.05, 0.1) is 0 Å². The number of hydrogen-bond donors (Lipinski definition) is 1. The molecular weight excluding hydrogens is 198 g/mol. The molecule has 0 fully saturated rings. The number of rotatable bonds is 3. The minimum Gasteiger partial charge on any atom is -0.370 e. The summed E-state index contributed by atoms with van der Waals surface area (Å²) in [6, 6.07) is 8.24. The second kappa shape index (κ2) is 5.54. The zero-order valence-electron chi connectivity index (χ0n) is 10.6. The van der Waals surface area contributed by atoms with Crippen LogP contribution >= 0.6 is 0 Å². The Kier molecular flexibility index (Phi) is 4.35. The highest BCUT2D eigenvalue weighted by molar-refractivity contribution is 5.94. The first-order valence-corrected chi connectivity index (χ1v) is 5.61. The summed E-state index contributed by atoms with van der Waals surface area (Å²) < 4.78 is 0. The van der Waals surface area contributed by atoms with Crippen LogP contribution < -0.4 is 10.6 Å². The Morgan fingerprint density at radius 3 is 2.38 bits per heavy atom. The third kappa shape index (κ3) is 3.57. The molecule has 0 amide bonds. The molecule has 88 valence electrons. The molecule has 0 aromatic heterocycles. The molecule has 0 aliphatic carbocycles. The first-order chi connectivity index (χ1) is 7.50. The molecule has 0 unspecified atom stereocenters. The van der Waals surface area contributed by atoms with E-state index in [0.29, 0.717) is 11.9 Å². The van der Waals surface area contributed by atoms with Crippen molar-refractivity contribution in [3.05, 3.63) is 29.8 Å². The predicted octanol–water partition coefficient (Wildman–Crippen LogP) is 2.40. The Labute approximate surface area is 98.0 Å². The molecule has 0 aliphatic rings. The third-order valence-electron chi connectivity index (χ3n) is 2.38. The van der Waals surface area contributed by atoms with Gasteiger partial charge in [-0.2, -0.15) is 0 Å². The Balaban J connectivity index is 2.73. The van der Waals surface area contributed by atoms with Gasteiger partial charge in [-0.1, -0.05) is 31.5 Å². The molecule has 0 saturated carbocycles. The number of hydrogen-bond acceptors (Lipinski definition) is 1. The van der Waals surface area contributed by atoms with Crippen molar-refractivity contribution in [3.63, 3.8) is 0 Å². The normalized spacial score (nSPS) is 11.9. The van der Waals surface area contributed by atoms with Crippen molar-refractivity contribution in [3.8, 4) is 0 Å². The van der Waals surface area contributed by atoms with E-state index in [1.807, 2.05) is 24.1 Å². The van der Waals surface area contributed by atoms with Crippen molar-refractivity contribution in [1.29, 1.82) is 0 Å². The fourth-order valence-corrected chi connectivity index (χ4v) is 1.28. The van der Waals surface area contributed by atoms with Crippen molar-refractivity contribution in [1.82, 2.24) is 0 Å². The van der Waals surface area contributed by atoms with Crippen LogP contribution in [0.5, 0.6) is 0 Å². The Morgan fingerprint density at radius 1 is 1.31 bits per heavy atom. The quantitative estimate of drug-likeness (QED) is 0.626. The fourth-order valence-electron chi connectivity index (χ4n) is 1.28. The Morgan fingerprint density at radius 2 is 1.88 bits per heavy atom. The molecular formula is C13H21N3. The summed E-state index contributed by atoms with van der Waals surface area (Å²) in [4.78, 5) is 6.25. The van der Waals surface area contributed by atoms with E-state index in [-0.39, 0.29) is 0 Å². The molecule has 3 nitrogen and oxygen atoms in total. The molecule has 3 heteroatoms. The Hall–Kier alpha value is -1.51. The second-order valence-corrected chi connectivity index (χ2v) is 4.49. The van der Waals surface area contributed by atoms with E-state index >= 15 is 0 Å². The lowest BCUT2D eigenvalue weighted by Gasteiger charge is -2.18. The molecule has 0 aliphatic heterocycles. The molecule has 0 bridgehead atoms. The van der Waals surface area contributed by atoms with Crippen LogP contribution in [0.2, 0.25) is 0 Å². The van der Waals surface area contributed by atoms with Gasteiger partial charge in [-0.25, -0.2) is 0 Å².